The minimum atomic E-state index is -0.316. The number of hydrogen-bond donors (Lipinski definition) is 2. The number of nitrogens with zero attached hydrogens (tertiary/aromatic N) is 2. The molecule has 2 N–H and O–H groups in total. The predicted molar refractivity (Wildman–Crippen MR) is 109 cm³/mol. The van der Waals surface area contributed by atoms with Crippen LogP contribution in [0.15, 0.2) is 60.7 Å². The molecule has 0 saturated heterocycles. The van der Waals surface area contributed by atoms with Crippen LogP contribution in [0.1, 0.15) is 10.5 Å². The van der Waals surface area contributed by atoms with E-state index >= 15 is 0 Å². The van der Waals surface area contributed by atoms with Crippen molar-refractivity contribution in [2.24, 2.45) is 0 Å². The number of nitrogens with one attached hydrogen (secondary N) is 2. The van der Waals surface area contributed by atoms with Gasteiger partial charge in [-0.2, -0.15) is 0 Å². The van der Waals surface area contributed by atoms with Gasteiger partial charge in [0.25, 0.3) is 5.91 Å². The Bertz CT molecular complexity index is 930. The van der Waals surface area contributed by atoms with Crippen molar-refractivity contribution in [2.75, 3.05) is 32.7 Å². The Morgan fingerprint density at radius 2 is 1.66 bits per heavy atom. The van der Waals surface area contributed by atoms with E-state index in [-0.39, 0.29) is 11.6 Å². The third-order valence-corrected chi connectivity index (χ3v) is 3.96. The van der Waals surface area contributed by atoms with E-state index < -0.39 is 0 Å². The number of anilines is 2. The van der Waals surface area contributed by atoms with Crippen LogP contribution in [0, 0.1) is 0 Å². The number of methoxy groups -OCH3 is 2. The fourth-order valence-electron chi connectivity index (χ4n) is 2.46. The normalized spacial score (nSPS) is 10.1. The van der Waals surface area contributed by atoms with Gasteiger partial charge in [0.15, 0.2) is 11.5 Å². The quantitative estimate of drug-likeness (QED) is 0.539. The molecule has 0 bridgehead atoms. The first-order chi connectivity index (χ1) is 14.2. The van der Waals surface area contributed by atoms with E-state index in [1.807, 2.05) is 36.4 Å². The first-order valence-electron chi connectivity index (χ1n) is 8.98. The maximum atomic E-state index is 12.2. The second-order valence-corrected chi connectivity index (χ2v) is 5.94. The molecule has 0 saturated carbocycles. The Morgan fingerprint density at radius 3 is 2.34 bits per heavy atom. The molecule has 0 unspecified atom stereocenters. The molecule has 29 heavy (non-hydrogen) atoms. The van der Waals surface area contributed by atoms with Crippen LogP contribution in [0.4, 0.5) is 11.5 Å². The Morgan fingerprint density at radius 1 is 0.897 bits per heavy atom. The number of aromatic nitrogens is 2. The summed E-state index contributed by atoms with van der Waals surface area (Å²) in [5, 5.41) is 13.9. The van der Waals surface area contributed by atoms with Crippen LogP contribution in [0.2, 0.25) is 0 Å². The third-order valence-electron chi connectivity index (χ3n) is 3.96. The lowest BCUT2D eigenvalue weighted by Crippen LogP contribution is -2.29. The van der Waals surface area contributed by atoms with Crippen LogP contribution < -0.4 is 24.8 Å². The van der Waals surface area contributed by atoms with E-state index in [1.54, 1.807) is 38.5 Å². The zero-order valence-electron chi connectivity index (χ0n) is 16.2. The molecule has 8 nitrogen and oxygen atoms in total. The summed E-state index contributed by atoms with van der Waals surface area (Å²) in [6.07, 6.45) is 0. The van der Waals surface area contributed by atoms with Crippen molar-refractivity contribution < 1.29 is 19.0 Å². The fraction of sp³-hybridized carbons (Fsp3) is 0.190. The number of ether oxygens (including phenoxy) is 3. The maximum Gasteiger partial charge on any atom is 0.271 e. The molecule has 3 aromatic rings. The van der Waals surface area contributed by atoms with Gasteiger partial charge in [0.2, 0.25) is 0 Å². The molecule has 0 spiro atoms. The van der Waals surface area contributed by atoms with Gasteiger partial charge in [0.1, 0.15) is 23.9 Å². The summed E-state index contributed by atoms with van der Waals surface area (Å²) < 4.78 is 15.8. The van der Waals surface area contributed by atoms with Gasteiger partial charge < -0.3 is 24.8 Å². The highest BCUT2D eigenvalue weighted by Crippen LogP contribution is 2.20. The lowest BCUT2D eigenvalue weighted by molar-refractivity contribution is 0.0941. The molecule has 0 radical (unpaired) electrons. The first-order valence-corrected chi connectivity index (χ1v) is 8.98. The molecule has 0 aliphatic heterocycles. The smallest absolute Gasteiger partial charge is 0.271 e. The van der Waals surface area contributed by atoms with Crippen molar-refractivity contribution in [1.82, 2.24) is 15.5 Å². The van der Waals surface area contributed by atoms with Gasteiger partial charge in [0, 0.05) is 11.8 Å². The summed E-state index contributed by atoms with van der Waals surface area (Å²) in [6.45, 7) is 0.678. The maximum absolute atomic E-state index is 12.2. The Hall–Kier alpha value is -3.81. The molecule has 0 aliphatic carbocycles. The van der Waals surface area contributed by atoms with Crippen LogP contribution in [-0.4, -0.2) is 43.5 Å². The minimum Gasteiger partial charge on any atom is -0.497 e. The van der Waals surface area contributed by atoms with E-state index in [4.69, 9.17) is 14.2 Å². The number of carbonyl (C=O) groups is 1. The number of hydrogen-bond acceptors (Lipinski definition) is 7. The van der Waals surface area contributed by atoms with Crippen molar-refractivity contribution >= 4 is 17.4 Å². The first kappa shape index (κ1) is 19.9. The lowest BCUT2D eigenvalue weighted by atomic mass is 10.3. The second kappa shape index (κ2) is 9.93. The molecule has 3 rings (SSSR count). The van der Waals surface area contributed by atoms with Gasteiger partial charge in [-0.25, -0.2) is 0 Å². The Kier molecular flexibility index (Phi) is 6.83. The largest absolute Gasteiger partial charge is 0.497 e. The summed E-state index contributed by atoms with van der Waals surface area (Å²) in [6, 6.07) is 18.0. The topological polar surface area (TPSA) is 94.6 Å². The van der Waals surface area contributed by atoms with Gasteiger partial charge in [-0.15, -0.1) is 10.2 Å². The molecule has 0 aliphatic rings. The van der Waals surface area contributed by atoms with Crippen LogP contribution in [0.3, 0.4) is 0 Å². The van der Waals surface area contributed by atoms with Crippen LogP contribution in [-0.2, 0) is 0 Å². The summed E-state index contributed by atoms with van der Waals surface area (Å²) in [4.78, 5) is 12.2. The van der Waals surface area contributed by atoms with Gasteiger partial charge in [-0.3, -0.25) is 4.79 Å². The van der Waals surface area contributed by atoms with Crippen molar-refractivity contribution in [3.63, 3.8) is 0 Å². The highest BCUT2D eigenvalue weighted by molar-refractivity contribution is 5.92. The summed E-state index contributed by atoms with van der Waals surface area (Å²) >= 11 is 0. The average Bonchev–Trinajstić information content (AvgIpc) is 2.77. The average molecular weight is 394 g/mol. The molecule has 1 heterocycles. The lowest BCUT2D eigenvalue weighted by Gasteiger charge is -2.09. The van der Waals surface area contributed by atoms with Gasteiger partial charge in [-0.1, -0.05) is 6.07 Å². The van der Waals surface area contributed by atoms with Crippen molar-refractivity contribution in [2.45, 2.75) is 0 Å². The molecule has 0 fully saturated rings. The van der Waals surface area contributed by atoms with Crippen LogP contribution >= 0.6 is 0 Å². The van der Waals surface area contributed by atoms with E-state index in [0.29, 0.717) is 24.7 Å². The third kappa shape index (κ3) is 5.83. The molecule has 0 atom stereocenters. The monoisotopic (exact) mass is 394 g/mol. The molecule has 150 valence electrons. The number of rotatable bonds is 9. The molecular formula is C21H22N4O4. The van der Waals surface area contributed by atoms with E-state index in [2.05, 4.69) is 20.8 Å². The second-order valence-electron chi connectivity index (χ2n) is 5.94. The fourth-order valence-corrected chi connectivity index (χ4v) is 2.46. The van der Waals surface area contributed by atoms with E-state index in [9.17, 15) is 4.79 Å². The zero-order chi connectivity index (χ0) is 20.5. The number of carbonyl (C=O) groups excluding carboxylic acids is 1. The summed E-state index contributed by atoms with van der Waals surface area (Å²) in [5.74, 6) is 2.40. The molecular weight excluding hydrogens is 372 g/mol. The van der Waals surface area contributed by atoms with E-state index in [0.717, 1.165) is 17.2 Å². The molecule has 2 aromatic carbocycles. The van der Waals surface area contributed by atoms with Gasteiger partial charge >= 0.3 is 0 Å². The molecule has 8 heteroatoms. The Labute approximate surface area is 168 Å². The van der Waals surface area contributed by atoms with Crippen molar-refractivity contribution in [3.05, 3.63) is 66.4 Å². The predicted octanol–water partition coefficient (Wildman–Crippen LogP) is 3.05. The van der Waals surface area contributed by atoms with E-state index in [1.165, 1.54) is 0 Å². The van der Waals surface area contributed by atoms with Gasteiger partial charge in [0.05, 0.1) is 20.8 Å². The SMILES string of the molecule is COc1ccc(OCCNC(=O)c2ccc(Nc3cccc(OC)c3)nn2)cc1. The van der Waals surface area contributed by atoms with Gasteiger partial charge in [-0.05, 0) is 48.5 Å². The van der Waals surface area contributed by atoms with Crippen molar-refractivity contribution in [3.8, 4) is 17.2 Å². The zero-order valence-corrected chi connectivity index (χ0v) is 16.2. The number of benzene rings is 2. The summed E-state index contributed by atoms with van der Waals surface area (Å²) in [7, 11) is 3.21. The highest BCUT2D eigenvalue weighted by Gasteiger charge is 2.08. The Balaban J connectivity index is 1.45. The molecule has 1 amide bonds. The van der Waals surface area contributed by atoms with Crippen LogP contribution in [0.5, 0.6) is 17.2 Å². The highest BCUT2D eigenvalue weighted by atomic mass is 16.5. The summed E-state index contributed by atoms with van der Waals surface area (Å²) in [5.41, 5.74) is 1.04. The standard InChI is InChI=1S/C21H22N4O4/c1-27-16-6-8-17(9-7-16)29-13-12-22-21(26)19-10-11-20(25-24-19)23-15-4-3-5-18(14-15)28-2/h3-11,14H,12-13H2,1-2H3,(H,22,26)(H,23,25). The molecule has 1 aromatic heterocycles. The minimum absolute atomic E-state index is 0.227. The number of amides is 1. The van der Waals surface area contributed by atoms with Crippen molar-refractivity contribution in [1.29, 1.82) is 0 Å². The van der Waals surface area contributed by atoms with Crippen LogP contribution in [0.25, 0.3) is 0 Å².